The number of nitrogens with one attached hydrogen (secondary N) is 3. The van der Waals surface area contributed by atoms with Crippen molar-refractivity contribution in [3.05, 3.63) is 41.7 Å². The van der Waals surface area contributed by atoms with Gasteiger partial charge in [-0.15, -0.1) is 0 Å². The Bertz CT molecular complexity index is 903. The van der Waals surface area contributed by atoms with Gasteiger partial charge in [0.05, 0.1) is 5.69 Å². The van der Waals surface area contributed by atoms with E-state index in [0.717, 1.165) is 53.4 Å². The maximum atomic E-state index is 5.45. The molecule has 0 saturated carbocycles. The molecule has 6 nitrogen and oxygen atoms in total. The van der Waals surface area contributed by atoms with Crippen LogP contribution in [0.25, 0.3) is 11.0 Å². The maximum absolute atomic E-state index is 5.45. The summed E-state index contributed by atoms with van der Waals surface area (Å²) >= 11 is 0. The summed E-state index contributed by atoms with van der Waals surface area (Å²) in [6.07, 6.45) is 2.84. The lowest BCUT2D eigenvalue weighted by Gasteiger charge is -2.14. The van der Waals surface area contributed by atoms with Crippen molar-refractivity contribution in [2.24, 2.45) is 0 Å². The zero-order chi connectivity index (χ0) is 15.2. The van der Waals surface area contributed by atoms with E-state index >= 15 is 0 Å². The first-order valence-corrected chi connectivity index (χ1v) is 7.74. The molecule has 2 aliphatic rings. The van der Waals surface area contributed by atoms with Crippen LogP contribution in [0.15, 0.2) is 30.5 Å². The summed E-state index contributed by atoms with van der Waals surface area (Å²) in [4.78, 5) is 7.93. The molecule has 5 rings (SSSR count). The van der Waals surface area contributed by atoms with Crippen LogP contribution < -0.4 is 20.1 Å². The molecule has 3 N–H and O–H groups in total. The van der Waals surface area contributed by atoms with Crippen LogP contribution in [0.2, 0.25) is 0 Å². The number of rotatable bonds is 2. The van der Waals surface area contributed by atoms with Gasteiger partial charge in [0.25, 0.3) is 0 Å². The summed E-state index contributed by atoms with van der Waals surface area (Å²) in [6, 6.07) is 7.90. The summed E-state index contributed by atoms with van der Waals surface area (Å²) in [6.45, 7) is 2.16. The van der Waals surface area contributed by atoms with Crippen LogP contribution in [-0.2, 0) is 13.0 Å². The average Bonchev–Trinajstić information content (AvgIpc) is 3.18. The molecule has 0 radical (unpaired) electrons. The standard InChI is InChI=1S/C17H16N4O2/c1-2-14-15(23-9-22-14)7-10(1)20-13-4-6-19-17-16(13)11-8-18-5-3-12(11)21-17/h1-2,4,6-7,18H,3,5,8-9H2,(H2,19,20,21). The number of pyridine rings is 1. The Kier molecular flexibility index (Phi) is 2.72. The number of hydrogen-bond donors (Lipinski definition) is 3. The van der Waals surface area contributed by atoms with E-state index in [9.17, 15) is 0 Å². The molecular weight excluding hydrogens is 292 g/mol. The first-order valence-electron chi connectivity index (χ1n) is 7.74. The summed E-state index contributed by atoms with van der Waals surface area (Å²) in [5, 5.41) is 8.08. The summed E-state index contributed by atoms with van der Waals surface area (Å²) in [7, 11) is 0. The summed E-state index contributed by atoms with van der Waals surface area (Å²) in [5.41, 5.74) is 5.55. The van der Waals surface area contributed by atoms with E-state index in [1.54, 1.807) is 0 Å². The molecule has 0 spiro atoms. The third-order valence-corrected chi connectivity index (χ3v) is 4.39. The van der Waals surface area contributed by atoms with Gasteiger partial charge in [-0.3, -0.25) is 0 Å². The molecule has 0 unspecified atom stereocenters. The number of benzene rings is 1. The van der Waals surface area contributed by atoms with Gasteiger partial charge in [0.2, 0.25) is 6.79 Å². The molecule has 0 bridgehead atoms. The molecule has 3 aromatic rings. The molecule has 0 aliphatic carbocycles. The van der Waals surface area contributed by atoms with Gasteiger partial charge in [0.15, 0.2) is 11.5 Å². The molecule has 6 heteroatoms. The second kappa shape index (κ2) is 4.89. The first kappa shape index (κ1) is 12.8. The van der Waals surface area contributed by atoms with Gasteiger partial charge in [-0.1, -0.05) is 0 Å². The largest absolute Gasteiger partial charge is 0.454 e. The molecule has 0 amide bonds. The predicted octanol–water partition coefficient (Wildman–Crippen LogP) is 2.68. The quantitative estimate of drug-likeness (QED) is 0.679. The van der Waals surface area contributed by atoms with E-state index in [1.807, 2.05) is 30.5 Å². The highest BCUT2D eigenvalue weighted by atomic mass is 16.7. The van der Waals surface area contributed by atoms with Crippen LogP contribution in [0.4, 0.5) is 11.4 Å². The SMILES string of the molecule is c1cc(Nc2ccc3c(c2)OCO3)c2c3c([nH]c2n1)CCNC3. The molecule has 2 aliphatic heterocycles. The predicted molar refractivity (Wildman–Crippen MR) is 87.4 cm³/mol. The topological polar surface area (TPSA) is 71.2 Å². The Morgan fingerprint density at radius 3 is 3.09 bits per heavy atom. The smallest absolute Gasteiger partial charge is 0.231 e. The van der Waals surface area contributed by atoms with Gasteiger partial charge in [0, 0.05) is 48.5 Å². The van der Waals surface area contributed by atoms with E-state index in [2.05, 4.69) is 20.6 Å². The number of hydrogen-bond acceptors (Lipinski definition) is 5. The molecule has 0 saturated heterocycles. The van der Waals surface area contributed by atoms with E-state index < -0.39 is 0 Å². The van der Waals surface area contributed by atoms with Crippen molar-refractivity contribution in [1.29, 1.82) is 0 Å². The highest BCUT2D eigenvalue weighted by Crippen LogP contribution is 2.37. The molecule has 0 fully saturated rings. The van der Waals surface area contributed by atoms with Gasteiger partial charge in [-0.25, -0.2) is 4.98 Å². The monoisotopic (exact) mass is 308 g/mol. The Morgan fingerprint density at radius 1 is 1.13 bits per heavy atom. The van der Waals surface area contributed by atoms with Crippen molar-refractivity contribution in [1.82, 2.24) is 15.3 Å². The highest BCUT2D eigenvalue weighted by Gasteiger charge is 2.19. The van der Waals surface area contributed by atoms with Crippen molar-refractivity contribution in [2.45, 2.75) is 13.0 Å². The second-order valence-electron chi connectivity index (χ2n) is 5.78. The molecule has 116 valence electrons. The third-order valence-electron chi connectivity index (χ3n) is 4.39. The van der Waals surface area contributed by atoms with Gasteiger partial charge in [-0.05, 0) is 23.8 Å². The van der Waals surface area contributed by atoms with Gasteiger partial charge in [0.1, 0.15) is 5.65 Å². The zero-order valence-corrected chi connectivity index (χ0v) is 12.5. The minimum Gasteiger partial charge on any atom is -0.454 e. The van der Waals surface area contributed by atoms with E-state index in [-0.39, 0.29) is 6.79 Å². The van der Waals surface area contributed by atoms with Crippen LogP contribution in [0.5, 0.6) is 11.5 Å². The zero-order valence-electron chi connectivity index (χ0n) is 12.5. The third kappa shape index (κ3) is 2.03. The van der Waals surface area contributed by atoms with Gasteiger partial charge < -0.3 is 25.1 Å². The van der Waals surface area contributed by atoms with Crippen LogP contribution in [0.3, 0.4) is 0 Å². The Balaban J connectivity index is 1.59. The van der Waals surface area contributed by atoms with Crippen molar-refractivity contribution in [3.8, 4) is 11.5 Å². The lowest BCUT2D eigenvalue weighted by molar-refractivity contribution is 0.174. The number of anilines is 2. The molecule has 2 aromatic heterocycles. The lowest BCUT2D eigenvalue weighted by atomic mass is 10.1. The number of H-pyrrole nitrogens is 1. The van der Waals surface area contributed by atoms with Crippen LogP contribution >= 0.6 is 0 Å². The summed E-state index contributed by atoms with van der Waals surface area (Å²) < 4.78 is 10.8. The lowest BCUT2D eigenvalue weighted by Crippen LogP contribution is -2.23. The fourth-order valence-electron chi connectivity index (χ4n) is 3.30. The first-order chi connectivity index (χ1) is 11.4. The molecular formula is C17H16N4O2. The number of fused-ring (bicyclic) bond motifs is 4. The highest BCUT2D eigenvalue weighted by molar-refractivity contribution is 5.95. The van der Waals surface area contributed by atoms with Crippen LogP contribution in [-0.4, -0.2) is 23.3 Å². The molecule has 23 heavy (non-hydrogen) atoms. The second-order valence-corrected chi connectivity index (χ2v) is 5.78. The minimum atomic E-state index is 0.287. The fourth-order valence-corrected chi connectivity index (χ4v) is 3.30. The minimum absolute atomic E-state index is 0.287. The van der Waals surface area contributed by atoms with Crippen LogP contribution in [0, 0.1) is 0 Å². The molecule has 1 aromatic carbocycles. The van der Waals surface area contributed by atoms with Crippen LogP contribution in [0.1, 0.15) is 11.3 Å². The Hall–Kier alpha value is -2.73. The number of aromatic nitrogens is 2. The van der Waals surface area contributed by atoms with Crippen molar-refractivity contribution in [3.63, 3.8) is 0 Å². The van der Waals surface area contributed by atoms with Crippen molar-refractivity contribution in [2.75, 3.05) is 18.7 Å². The number of aromatic amines is 1. The summed E-state index contributed by atoms with van der Waals surface area (Å²) in [5.74, 6) is 1.57. The normalized spacial score (nSPS) is 15.7. The fraction of sp³-hybridized carbons (Fsp3) is 0.235. The van der Waals surface area contributed by atoms with Crippen molar-refractivity contribution < 1.29 is 9.47 Å². The molecule has 4 heterocycles. The Morgan fingerprint density at radius 2 is 2.09 bits per heavy atom. The molecule has 0 atom stereocenters. The Labute approximate surface area is 132 Å². The van der Waals surface area contributed by atoms with Crippen molar-refractivity contribution >= 4 is 22.4 Å². The average molecular weight is 308 g/mol. The van der Waals surface area contributed by atoms with E-state index in [4.69, 9.17) is 9.47 Å². The maximum Gasteiger partial charge on any atom is 0.231 e. The van der Waals surface area contributed by atoms with Gasteiger partial charge in [-0.2, -0.15) is 0 Å². The number of nitrogens with zero attached hydrogens (tertiary/aromatic N) is 1. The van der Waals surface area contributed by atoms with E-state index in [0.29, 0.717) is 0 Å². The van der Waals surface area contributed by atoms with E-state index in [1.165, 1.54) is 11.3 Å². The number of ether oxygens (including phenoxy) is 2. The van der Waals surface area contributed by atoms with Gasteiger partial charge >= 0.3 is 0 Å².